The molecular formula is C19H24BrN. The molecule has 2 aromatic carbocycles. The van der Waals surface area contributed by atoms with E-state index in [4.69, 9.17) is 0 Å². The fraction of sp³-hybridized carbons (Fsp3) is 0.368. The minimum absolute atomic E-state index is 0.380. The van der Waals surface area contributed by atoms with E-state index in [0.717, 1.165) is 4.47 Å². The first-order valence-electron chi connectivity index (χ1n) is 7.79. The second-order valence-electron chi connectivity index (χ2n) is 5.52. The highest BCUT2D eigenvalue weighted by atomic mass is 79.9. The van der Waals surface area contributed by atoms with Crippen LogP contribution in [-0.4, -0.2) is 0 Å². The van der Waals surface area contributed by atoms with Crippen molar-refractivity contribution in [3.8, 4) is 0 Å². The van der Waals surface area contributed by atoms with Crippen molar-refractivity contribution < 1.29 is 0 Å². The lowest BCUT2D eigenvalue weighted by molar-refractivity contribution is 0.606. The van der Waals surface area contributed by atoms with Crippen molar-refractivity contribution in [1.82, 2.24) is 0 Å². The Hall–Kier alpha value is -1.28. The quantitative estimate of drug-likeness (QED) is 0.565. The number of nitrogens with one attached hydrogen (secondary N) is 1. The molecule has 0 aromatic heterocycles. The molecule has 0 bridgehead atoms. The van der Waals surface area contributed by atoms with Crippen LogP contribution in [0, 0.1) is 6.92 Å². The zero-order chi connectivity index (χ0) is 15.1. The number of halogens is 1. The molecule has 1 atom stereocenters. The summed E-state index contributed by atoms with van der Waals surface area (Å²) in [6.45, 7) is 4.41. The average Bonchev–Trinajstić information content (AvgIpc) is 2.51. The van der Waals surface area contributed by atoms with Crippen molar-refractivity contribution in [2.75, 3.05) is 5.32 Å². The first kappa shape index (κ1) is 16.1. The molecule has 0 spiro atoms. The third kappa shape index (κ3) is 4.60. The van der Waals surface area contributed by atoms with E-state index in [-0.39, 0.29) is 0 Å². The molecule has 0 radical (unpaired) electrons. The van der Waals surface area contributed by atoms with Crippen molar-refractivity contribution in [2.45, 2.75) is 45.6 Å². The molecule has 112 valence electrons. The van der Waals surface area contributed by atoms with Crippen LogP contribution in [0.2, 0.25) is 0 Å². The number of rotatable bonds is 7. The van der Waals surface area contributed by atoms with Gasteiger partial charge < -0.3 is 5.32 Å². The van der Waals surface area contributed by atoms with Gasteiger partial charge in [-0.05, 0) is 36.6 Å². The summed E-state index contributed by atoms with van der Waals surface area (Å²) in [5, 5.41) is 3.73. The molecule has 1 unspecified atom stereocenters. The van der Waals surface area contributed by atoms with Gasteiger partial charge in [0.2, 0.25) is 0 Å². The van der Waals surface area contributed by atoms with Crippen molar-refractivity contribution >= 4 is 21.6 Å². The molecule has 0 fully saturated rings. The Labute approximate surface area is 136 Å². The van der Waals surface area contributed by atoms with E-state index in [2.05, 4.69) is 83.6 Å². The van der Waals surface area contributed by atoms with Gasteiger partial charge in [-0.1, -0.05) is 78.5 Å². The highest BCUT2D eigenvalue weighted by Crippen LogP contribution is 2.29. The van der Waals surface area contributed by atoms with Crippen molar-refractivity contribution in [2.24, 2.45) is 0 Å². The van der Waals surface area contributed by atoms with Crippen molar-refractivity contribution in [1.29, 1.82) is 0 Å². The summed E-state index contributed by atoms with van der Waals surface area (Å²) >= 11 is 3.62. The van der Waals surface area contributed by atoms with Crippen LogP contribution >= 0.6 is 15.9 Å². The van der Waals surface area contributed by atoms with Gasteiger partial charge in [-0.3, -0.25) is 0 Å². The highest BCUT2D eigenvalue weighted by Gasteiger charge is 2.12. The fourth-order valence-corrected chi connectivity index (χ4v) is 2.92. The van der Waals surface area contributed by atoms with Gasteiger partial charge in [0.1, 0.15) is 0 Å². The van der Waals surface area contributed by atoms with Gasteiger partial charge in [0, 0.05) is 10.2 Å². The molecule has 0 saturated carbocycles. The van der Waals surface area contributed by atoms with Crippen LogP contribution in [-0.2, 0) is 0 Å². The zero-order valence-electron chi connectivity index (χ0n) is 12.9. The second kappa shape index (κ2) is 8.23. The Morgan fingerprint density at radius 2 is 1.76 bits per heavy atom. The Morgan fingerprint density at radius 1 is 1.00 bits per heavy atom. The molecule has 1 N–H and O–H groups in total. The molecule has 0 aliphatic carbocycles. The molecule has 0 saturated heterocycles. The van der Waals surface area contributed by atoms with Crippen LogP contribution in [0.4, 0.5) is 5.69 Å². The molecule has 2 heteroatoms. The van der Waals surface area contributed by atoms with Gasteiger partial charge in [0.25, 0.3) is 0 Å². The standard InChI is InChI=1S/C19H24BrN/c1-3-4-6-13-19(16-10-7-5-8-11-16)21-18-14-9-12-17(20)15(18)2/h5,7-12,14,19,21H,3-4,6,13H2,1-2H3. The van der Waals surface area contributed by atoms with E-state index < -0.39 is 0 Å². The van der Waals surface area contributed by atoms with Gasteiger partial charge in [-0.25, -0.2) is 0 Å². The molecule has 21 heavy (non-hydrogen) atoms. The summed E-state index contributed by atoms with van der Waals surface area (Å²) in [6, 6.07) is 17.5. The summed E-state index contributed by atoms with van der Waals surface area (Å²) in [4.78, 5) is 0. The minimum atomic E-state index is 0.380. The Kier molecular flexibility index (Phi) is 6.31. The number of hydrogen-bond donors (Lipinski definition) is 1. The van der Waals surface area contributed by atoms with Crippen LogP contribution in [0.15, 0.2) is 53.0 Å². The van der Waals surface area contributed by atoms with Gasteiger partial charge >= 0.3 is 0 Å². The molecule has 1 nitrogen and oxygen atoms in total. The summed E-state index contributed by atoms with van der Waals surface area (Å²) in [6.07, 6.45) is 4.99. The summed E-state index contributed by atoms with van der Waals surface area (Å²) < 4.78 is 1.16. The van der Waals surface area contributed by atoms with Crippen LogP contribution < -0.4 is 5.32 Å². The van der Waals surface area contributed by atoms with Crippen molar-refractivity contribution in [3.05, 3.63) is 64.1 Å². The topological polar surface area (TPSA) is 12.0 Å². The predicted molar refractivity (Wildman–Crippen MR) is 95.8 cm³/mol. The van der Waals surface area contributed by atoms with E-state index >= 15 is 0 Å². The number of hydrogen-bond acceptors (Lipinski definition) is 1. The van der Waals surface area contributed by atoms with E-state index in [0.29, 0.717) is 6.04 Å². The maximum atomic E-state index is 3.73. The SMILES string of the molecule is CCCCCC(Nc1cccc(Br)c1C)c1ccccc1. The maximum absolute atomic E-state index is 3.73. The zero-order valence-corrected chi connectivity index (χ0v) is 14.5. The van der Waals surface area contributed by atoms with Crippen LogP contribution in [0.5, 0.6) is 0 Å². The highest BCUT2D eigenvalue weighted by molar-refractivity contribution is 9.10. The number of benzene rings is 2. The van der Waals surface area contributed by atoms with E-state index in [1.165, 1.54) is 42.5 Å². The minimum Gasteiger partial charge on any atom is -0.378 e. The first-order chi connectivity index (χ1) is 10.2. The molecule has 0 heterocycles. The first-order valence-corrected chi connectivity index (χ1v) is 8.58. The lowest BCUT2D eigenvalue weighted by Gasteiger charge is -2.22. The largest absolute Gasteiger partial charge is 0.378 e. The van der Waals surface area contributed by atoms with E-state index in [1.54, 1.807) is 0 Å². The summed E-state index contributed by atoms with van der Waals surface area (Å²) in [7, 11) is 0. The number of anilines is 1. The van der Waals surface area contributed by atoms with Gasteiger partial charge in [-0.15, -0.1) is 0 Å². The third-order valence-corrected chi connectivity index (χ3v) is 4.75. The third-order valence-electron chi connectivity index (χ3n) is 3.90. The maximum Gasteiger partial charge on any atom is 0.0513 e. The molecule has 0 amide bonds. The lowest BCUT2D eigenvalue weighted by atomic mass is 9.99. The monoisotopic (exact) mass is 345 g/mol. The Bertz CT molecular complexity index is 551. The Morgan fingerprint density at radius 3 is 2.48 bits per heavy atom. The van der Waals surface area contributed by atoms with Crippen LogP contribution in [0.1, 0.15) is 49.8 Å². The van der Waals surface area contributed by atoms with Gasteiger partial charge in [0.15, 0.2) is 0 Å². The predicted octanol–water partition coefficient (Wildman–Crippen LogP) is 6.49. The van der Waals surface area contributed by atoms with Gasteiger partial charge in [-0.2, -0.15) is 0 Å². The molecule has 0 aliphatic heterocycles. The average molecular weight is 346 g/mol. The Balaban J connectivity index is 2.17. The summed E-state index contributed by atoms with van der Waals surface area (Å²) in [5.74, 6) is 0. The fourth-order valence-electron chi connectivity index (χ4n) is 2.56. The molecular weight excluding hydrogens is 322 g/mol. The molecule has 2 rings (SSSR count). The lowest BCUT2D eigenvalue weighted by Crippen LogP contribution is -2.11. The van der Waals surface area contributed by atoms with Gasteiger partial charge in [0.05, 0.1) is 6.04 Å². The van der Waals surface area contributed by atoms with E-state index in [9.17, 15) is 0 Å². The smallest absolute Gasteiger partial charge is 0.0513 e. The molecule has 2 aromatic rings. The van der Waals surface area contributed by atoms with E-state index in [1.807, 2.05) is 0 Å². The number of unbranched alkanes of at least 4 members (excludes halogenated alkanes) is 2. The summed E-state index contributed by atoms with van der Waals surface area (Å²) in [5.41, 5.74) is 3.86. The van der Waals surface area contributed by atoms with Crippen LogP contribution in [0.25, 0.3) is 0 Å². The second-order valence-corrected chi connectivity index (χ2v) is 6.37. The van der Waals surface area contributed by atoms with Crippen LogP contribution in [0.3, 0.4) is 0 Å². The molecule has 0 aliphatic rings. The van der Waals surface area contributed by atoms with Crippen molar-refractivity contribution in [3.63, 3.8) is 0 Å². The normalized spacial score (nSPS) is 12.1.